The summed E-state index contributed by atoms with van der Waals surface area (Å²) in [6.07, 6.45) is 0. The third-order valence-electron chi connectivity index (χ3n) is 3.91. The van der Waals surface area contributed by atoms with Gasteiger partial charge in [-0.05, 0) is 55.7 Å². The number of nitrogens with zero attached hydrogens (tertiary/aromatic N) is 2. The second-order valence-corrected chi connectivity index (χ2v) is 8.15. The Morgan fingerprint density at radius 2 is 1.85 bits per heavy atom. The molecule has 0 saturated carbocycles. The number of anilines is 3. The zero-order valence-electron chi connectivity index (χ0n) is 14.9. The first-order valence-electron chi connectivity index (χ1n) is 8.17. The van der Waals surface area contributed by atoms with Crippen molar-refractivity contribution >= 4 is 45.5 Å². The number of aromatic nitrogens is 2. The summed E-state index contributed by atoms with van der Waals surface area (Å²) in [5, 5.41) is 15.2. The topological polar surface area (TPSA) is 66.9 Å². The van der Waals surface area contributed by atoms with E-state index in [2.05, 4.69) is 27.8 Å². The normalized spacial score (nSPS) is 10.6. The van der Waals surface area contributed by atoms with E-state index in [1.807, 2.05) is 56.3 Å². The van der Waals surface area contributed by atoms with Crippen molar-refractivity contribution in [1.29, 1.82) is 0 Å². The first-order valence-corrected chi connectivity index (χ1v) is 9.97. The number of benzene rings is 2. The molecule has 0 aliphatic heterocycles. The number of rotatable bonds is 6. The van der Waals surface area contributed by atoms with Gasteiger partial charge in [-0.1, -0.05) is 47.4 Å². The summed E-state index contributed by atoms with van der Waals surface area (Å²) in [6, 6.07) is 13.9. The number of para-hydroxylation sites is 1. The Morgan fingerprint density at radius 3 is 2.62 bits per heavy atom. The monoisotopic (exact) mass is 384 g/mol. The SMILES string of the molecule is Cc1ccc(NC(=O)CSc2nnc(Nc3ccccc3C)s2)cc1C. The molecule has 0 unspecified atom stereocenters. The van der Waals surface area contributed by atoms with Crippen molar-refractivity contribution in [2.45, 2.75) is 25.1 Å². The van der Waals surface area contributed by atoms with E-state index < -0.39 is 0 Å². The summed E-state index contributed by atoms with van der Waals surface area (Å²) >= 11 is 2.82. The Morgan fingerprint density at radius 1 is 1.04 bits per heavy atom. The first-order chi connectivity index (χ1) is 12.5. The highest BCUT2D eigenvalue weighted by atomic mass is 32.2. The fraction of sp³-hybridized carbons (Fsp3) is 0.211. The maximum atomic E-state index is 12.1. The minimum Gasteiger partial charge on any atom is -0.330 e. The van der Waals surface area contributed by atoms with Crippen LogP contribution in [0.15, 0.2) is 46.8 Å². The van der Waals surface area contributed by atoms with Crippen LogP contribution in [0.1, 0.15) is 16.7 Å². The Bertz CT molecular complexity index is 923. The van der Waals surface area contributed by atoms with Gasteiger partial charge in [-0.2, -0.15) is 0 Å². The van der Waals surface area contributed by atoms with Gasteiger partial charge >= 0.3 is 0 Å². The second-order valence-electron chi connectivity index (χ2n) is 5.95. The van der Waals surface area contributed by atoms with Gasteiger partial charge in [0.15, 0.2) is 4.34 Å². The van der Waals surface area contributed by atoms with Gasteiger partial charge in [0, 0.05) is 11.4 Å². The highest BCUT2D eigenvalue weighted by Crippen LogP contribution is 2.28. The summed E-state index contributed by atoms with van der Waals surface area (Å²) < 4.78 is 0.760. The Balaban J connectivity index is 1.53. The van der Waals surface area contributed by atoms with Crippen LogP contribution in [0.2, 0.25) is 0 Å². The summed E-state index contributed by atoms with van der Waals surface area (Å²) in [5.41, 5.74) is 5.33. The average Bonchev–Trinajstić information content (AvgIpc) is 3.06. The standard InChI is InChI=1S/C19H20N4OS2/c1-12-8-9-15(10-14(12)3)20-17(24)11-25-19-23-22-18(26-19)21-16-7-5-4-6-13(16)2/h4-10H,11H2,1-3H3,(H,20,24)(H,21,22). The van der Waals surface area contributed by atoms with E-state index in [0.29, 0.717) is 5.75 Å². The maximum absolute atomic E-state index is 12.1. The van der Waals surface area contributed by atoms with Crippen molar-refractivity contribution in [3.8, 4) is 0 Å². The van der Waals surface area contributed by atoms with E-state index in [1.54, 1.807) is 0 Å². The first kappa shape index (κ1) is 18.4. The molecule has 0 saturated heterocycles. The summed E-state index contributed by atoms with van der Waals surface area (Å²) in [6.45, 7) is 6.12. The number of hydrogen-bond donors (Lipinski definition) is 2. The van der Waals surface area contributed by atoms with Crippen LogP contribution >= 0.6 is 23.1 Å². The van der Waals surface area contributed by atoms with Crippen molar-refractivity contribution in [2.24, 2.45) is 0 Å². The van der Waals surface area contributed by atoms with Crippen LogP contribution in [-0.4, -0.2) is 21.9 Å². The van der Waals surface area contributed by atoms with Crippen molar-refractivity contribution in [3.05, 3.63) is 59.2 Å². The molecule has 0 bridgehead atoms. The average molecular weight is 385 g/mol. The van der Waals surface area contributed by atoms with Gasteiger partial charge in [0.2, 0.25) is 11.0 Å². The molecule has 0 aliphatic carbocycles. The van der Waals surface area contributed by atoms with Gasteiger partial charge in [0.25, 0.3) is 0 Å². The Kier molecular flexibility index (Phi) is 5.90. The lowest BCUT2D eigenvalue weighted by Crippen LogP contribution is -2.14. The number of amides is 1. The number of hydrogen-bond acceptors (Lipinski definition) is 6. The summed E-state index contributed by atoms with van der Waals surface area (Å²) in [4.78, 5) is 12.1. The molecule has 3 rings (SSSR count). The lowest BCUT2D eigenvalue weighted by molar-refractivity contribution is -0.113. The minimum absolute atomic E-state index is 0.0538. The molecule has 1 amide bonds. The number of carbonyl (C=O) groups excluding carboxylic acids is 1. The molecule has 0 spiro atoms. The molecule has 7 heteroatoms. The van der Waals surface area contributed by atoms with Gasteiger partial charge in [-0.3, -0.25) is 4.79 Å². The lowest BCUT2D eigenvalue weighted by Gasteiger charge is -2.07. The molecule has 0 fully saturated rings. The highest BCUT2D eigenvalue weighted by Gasteiger charge is 2.09. The number of aryl methyl sites for hydroxylation is 3. The van der Waals surface area contributed by atoms with Crippen LogP contribution < -0.4 is 10.6 Å². The van der Waals surface area contributed by atoms with Crippen molar-refractivity contribution < 1.29 is 4.79 Å². The molecule has 2 N–H and O–H groups in total. The maximum Gasteiger partial charge on any atom is 0.234 e. The third-order valence-corrected chi connectivity index (χ3v) is 5.88. The van der Waals surface area contributed by atoms with Gasteiger partial charge in [-0.15, -0.1) is 10.2 Å². The fourth-order valence-electron chi connectivity index (χ4n) is 2.29. The Labute approximate surface area is 161 Å². The van der Waals surface area contributed by atoms with Crippen molar-refractivity contribution in [3.63, 3.8) is 0 Å². The third kappa shape index (κ3) is 4.83. The molecule has 0 atom stereocenters. The van der Waals surface area contributed by atoms with Crippen molar-refractivity contribution in [2.75, 3.05) is 16.4 Å². The van der Waals surface area contributed by atoms with E-state index >= 15 is 0 Å². The number of thioether (sulfide) groups is 1. The van der Waals surface area contributed by atoms with Crippen molar-refractivity contribution in [1.82, 2.24) is 10.2 Å². The predicted molar refractivity (Wildman–Crippen MR) is 110 cm³/mol. The van der Waals surface area contributed by atoms with Crippen LogP contribution in [0.25, 0.3) is 0 Å². The molecule has 0 radical (unpaired) electrons. The zero-order valence-corrected chi connectivity index (χ0v) is 16.5. The molecule has 26 heavy (non-hydrogen) atoms. The van der Waals surface area contributed by atoms with Crippen LogP contribution in [0, 0.1) is 20.8 Å². The van der Waals surface area contributed by atoms with Gasteiger partial charge in [0.05, 0.1) is 5.75 Å². The second kappa shape index (κ2) is 8.33. The molecular formula is C19H20N4OS2. The quantitative estimate of drug-likeness (QED) is 0.589. The molecule has 2 aromatic carbocycles. The Hall–Kier alpha value is -2.38. The number of carbonyl (C=O) groups is 1. The van der Waals surface area contributed by atoms with Gasteiger partial charge < -0.3 is 10.6 Å². The van der Waals surface area contributed by atoms with Gasteiger partial charge in [0.1, 0.15) is 0 Å². The van der Waals surface area contributed by atoms with E-state index in [4.69, 9.17) is 0 Å². The highest BCUT2D eigenvalue weighted by molar-refractivity contribution is 8.01. The minimum atomic E-state index is -0.0538. The van der Waals surface area contributed by atoms with Crippen LogP contribution in [-0.2, 0) is 4.79 Å². The predicted octanol–water partition coefficient (Wildman–Crippen LogP) is 4.94. The summed E-state index contributed by atoms with van der Waals surface area (Å²) in [5.74, 6) is 0.244. The smallest absolute Gasteiger partial charge is 0.234 e. The molecule has 5 nitrogen and oxygen atoms in total. The van der Waals surface area contributed by atoms with Crippen LogP contribution in [0.4, 0.5) is 16.5 Å². The molecular weight excluding hydrogens is 364 g/mol. The van der Waals surface area contributed by atoms with Crippen LogP contribution in [0.3, 0.4) is 0 Å². The molecule has 0 aliphatic rings. The molecule has 1 aromatic heterocycles. The molecule has 3 aromatic rings. The van der Waals surface area contributed by atoms with E-state index in [9.17, 15) is 4.79 Å². The molecule has 1 heterocycles. The van der Waals surface area contributed by atoms with E-state index in [1.165, 1.54) is 28.7 Å². The zero-order chi connectivity index (χ0) is 18.5. The summed E-state index contributed by atoms with van der Waals surface area (Å²) in [7, 11) is 0. The molecule has 134 valence electrons. The number of nitrogens with one attached hydrogen (secondary N) is 2. The van der Waals surface area contributed by atoms with Crippen LogP contribution in [0.5, 0.6) is 0 Å². The van der Waals surface area contributed by atoms with Gasteiger partial charge in [-0.25, -0.2) is 0 Å². The van der Waals surface area contributed by atoms with E-state index in [0.717, 1.165) is 32.0 Å². The fourth-order valence-corrected chi connectivity index (χ4v) is 3.85. The largest absolute Gasteiger partial charge is 0.330 e. The van der Waals surface area contributed by atoms with E-state index in [-0.39, 0.29) is 5.91 Å². The lowest BCUT2D eigenvalue weighted by atomic mass is 10.1.